The third-order valence-electron chi connectivity index (χ3n) is 5.95. The number of hydrogen-bond acceptors (Lipinski definition) is 5. The number of benzene rings is 2. The largest absolute Gasteiger partial charge is 0.372 e. The lowest BCUT2D eigenvalue weighted by Gasteiger charge is -2.37. The molecule has 0 aromatic heterocycles. The van der Waals surface area contributed by atoms with Crippen LogP contribution in [0.1, 0.15) is 31.4 Å². The molecular formula is C25H30FN3O4S. The Bertz CT molecular complexity index is 1160. The Labute approximate surface area is 200 Å². The standard InChI is InChI=1S/C25H30FN3O4S/c1-18-16-28(17-19(2)33-18)24-10-6-21(14-23(24)26)15-27-25(30)11-7-20-4-8-22(9-5-20)29-12-3-13-34(29,31)32/h4-11,14,18-19H,3,12-13,15-17H2,1-2H3,(H,27,30)/b11-7+. The number of halogens is 1. The van der Waals surface area contributed by atoms with Crippen LogP contribution in [0.25, 0.3) is 6.08 Å². The molecule has 0 saturated carbocycles. The van der Waals surface area contributed by atoms with Gasteiger partial charge in [0, 0.05) is 32.3 Å². The average molecular weight is 488 g/mol. The number of anilines is 2. The number of sulfonamides is 1. The smallest absolute Gasteiger partial charge is 0.244 e. The monoisotopic (exact) mass is 487 g/mol. The summed E-state index contributed by atoms with van der Waals surface area (Å²) in [4.78, 5) is 14.2. The molecule has 34 heavy (non-hydrogen) atoms. The van der Waals surface area contributed by atoms with Crippen LogP contribution in [-0.2, 0) is 26.1 Å². The van der Waals surface area contributed by atoms with Gasteiger partial charge in [-0.2, -0.15) is 0 Å². The van der Waals surface area contributed by atoms with Gasteiger partial charge in [0.25, 0.3) is 0 Å². The Morgan fingerprint density at radius 1 is 1.15 bits per heavy atom. The molecule has 2 heterocycles. The maximum Gasteiger partial charge on any atom is 0.244 e. The molecule has 2 aliphatic heterocycles. The summed E-state index contributed by atoms with van der Waals surface area (Å²) in [6.45, 7) is 5.93. The molecule has 9 heteroatoms. The highest BCUT2D eigenvalue weighted by atomic mass is 32.2. The molecular weight excluding hydrogens is 457 g/mol. The fourth-order valence-electron chi connectivity index (χ4n) is 4.39. The van der Waals surface area contributed by atoms with Crippen molar-refractivity contribution in [3.05, 3.63) is 65.5 Å². The third-order valence-corrected chi connectivity index (χ3v) is 7.82. The zero-order valence-corrected chi connectivity index (χ0v) is 20.2. The van der Waals surface area contributed by atoms with Crippen molar-refractivity contribution < 1.29 is 22.3 Å². The van der Waals surface area contributed by atoms with Gasteiger partial charge in [-0.1, -0.05) is 18.2 Å². The van der Waals surface area contributed by atoms with Crippen LogP contribution < -0.4 is 14.5 Å². The highest BCUT2D eigenvalue weighted by Gasteiger charge is 2.28. The second-order valence-electron chi connectivity index (χ2n) is 8.83. The van der Waals surface area contributed by atoms with E-state index in [1.54, 1.807) is 36.4 Å². The average Bonchev–Trinajstić information content (AvgIpc) is 3.15. The van der Waals surface area contributed by atoms with Gasteiger partial charge in [-0.05, 0) is 61.7 Å². The number of nitrogens with one attached hydrogen (secondary N) is 1. The van der Waals surface area contributed by atoms with E-state index in [4.69, 9.17) is 4.74 Å². The predicted molar refractivity (Wildman–Crippen MR) is 132 cm³/mol. The van der Waals surface area contributed by atoms with E-state index in [2.05, 4.69) is 5.32 Å². The molecule has 0 radical (unpaired) electrons. The molecule has 4 rings (SSSR count). The molecule has 7 nitrogen and oxygen atoms in total. The van der Waals surface area contributed by atoms with Gasteiger partial charge in [-0.15, -0.1) is 0 Å². The number of carbonyl (C=O) groups is 1. The third kappa shape index (κ3) is 5.77. The molecule has 1 amide bonds. The van der Waals surface area contributed by atoms with E-state index in [9.17, 15) is 17.6 Å². The SMILES string of the molecule is CC1CN(c2ccc(CNC(=O)/C=C/c3ccc(N4CCCS4(=O)=O)cc3)cc2F)CC(C)O1. The zero-order valence-electron chi connectivity index (χ0n) is 19.4. The Morgan fingerprint density at radius 3 is 2.47 bits per heavy atom. The van der Waals surface area contributed by atoms with Crippen LogP contribution in [0.2, 0.25) is 0 Å². The highest BCUT2D eigenvalue weighted by Crippen LogP contribution is 2.25. The first-order chi connectivity index (χ1) is 16.2. The molecule has 2 unspecified atom stereocenters. The number of morpholine rings is 1. The normalized spacial score (nSPS) is 22.3. The summed E-state index contributed by atoms with van der Waals surface area (Å²) in [5.74, 6) is -0.442. The lowest BCUT2D eigenvalue weighted by molar-refractivity contribution is -0.116. The molecule has 2 aromatic carbocycles. The van der Waals surface area contributed by atoms with E-state index in [1.165, 1.54) is 16.4 Å². The van der Waals surface area contributed by atoms with Gasteiger partial charge in [-0.3, -0.25) is 9.10 Å². The molecule has 2 aliphatic rings. The van der Waals surface area contributed by atoms with Crippen molar-refractivity contribution in [1.29, 1.82) is 0 Å². The quantitative estimate of drug-likeness (QED) is 0.633. The molecule has 182 valence electrons. The zero-order chi connectivity index (χ0) is 24.3. The van der Waals surface area contributed by atoms with E-state index >= 15 is 0 Å². The van der Waals surface area contributed by atoms with E-state index in [0.29, 0.717) is 43.0 Å². The van der Waals surface area contributed by atoms with Crippen molar-refractivity contribution in [2.45, 2.75) is 39.0 Å². The van der Waals surface area contributed by atoms with Gasteiger partial charge in [0.1, 0.15) is 5.82 Å². The summed E-state index contributed by atoms with van der Waals surface area (Å²) in [6, 6.07) is 12.0. The fraction of sp³-hybridized carbons (Fsp3) is 0.400. The summed E-state index contributed by atoms with van der Waals surface area (Å²) in [5.41, 5.74) is 2.63. The van der Waals surface area contributed by atoms with Crippen LogP contribution in [0.5, 0.6) is 0 Å². The summed E-state index contributed by atoms with van der Waals surface area (Å²) in [5, 5.41) is 2.76. The molecule has 2 fully saturated rings. The molecule has 0 aliphatic carbocycles. The molecule has 0 spiro atoms. The van der Waals surface area contributed by atoms with Crippen LogP contribution in [0.3, 0.4) is 0 Å². The van der Waals surface area contributed by atoms with Crippen molar-refractivity contribution in [2.75, 3.05) is 34.6 Å². The fourth-order valence-corrected chi connectivity index (χ4v) is 5.96. The molecule has 2 atom stereocenters. The maximum atomic E-state index is 14.7. The number of ether oxygens (including phenoxy) is 1. The van der Waals surface area contributed by atoms with Crippen LogP contribution in [0, 0.1) is 5.82 Å². The van der Waals surface area contributed by atoms with E-state index < -0.39 is 10.0 Å². The van der Waals surface area contributed by atoms with Crippen LogP contribution in [0.15, 0.2) is 48.5 Å². The van der Waals surface area contributed by atoms with Gasteiger partial charge in [0.05, 0.1) is 29.3 Å². The molecule has 0 bridgehead atoms. The molecule has 1 N–H and O–H groups in total. The Balaban J connectivity index is 1.31. The number of rotatable bonds is 6. The lowest BCUT2D eigenvalue weighted by atomic mass is 10.1. The van der Waals surface area contributed by atoms with Crippen molar-refractivity contribution >= 4 is 33.4 Å². The van der Waals surface area contributed by atoms with Crippen molar-refractivity contribution in [3.63, 3.8) is 0 Å². The summed E-state index contributed by atoms with van der Waals surface area (Å²) in [7, 11) is -3.21. The van der Waals surface area contributed by atoms with Gasteiger partial charge >= 0.3 is 0 Å². The summed E-state index contributed by atoms with van der Waals surface area (Å²) >= 11 is 0. The minimum Gasteiger partial charge on any atom is -0.372 e. The summed E-state index contributed by atoms with van der Waals surface area (Å²) in [6.07, 6.45) is 3.77. The van der Waals surface area contributed by atoms with Crippen molar-refractivity contribution in [3.8, 4) is 0 Å². The first-order valence-corrected chi connectivity index (χ1v) is 13.1. The number of nitrogens with zero attached hydrogens (tertiary/aromatic N) is 2. The first kappa shape index (κ1) is 24.2. The molecule has 2 saturated heterocycles. The maximum absolute atomic E-state index is 14.7. The van der Waals surface area contributed by atoms with Crippen LogP contribution in [-0.4, -0.2) is 51.9 Å². The molecule has 2 aromatic rings. The van der Waals surface area contributed by atoms with Crippen molar-refractivity contribution in [1.82, 2.24) is 5.32 Å². The Hall–Kier alpha value is -2.91. The Morgan fingerprint density at radius 2 is 1.85 bits per heavy atom. The van der Waals surface area contributed by atoms with Gasteiger partial charge in [0.15, 0.2) is 0 Å². The van der Waals surface area contributed by atoms with Crippen LogP contribution >= 0.6 is 0 Å². The van der Waals surface area contributed by atoms with Crippen molar-refractivity contribution in [2.24, 2.45) is 0 Å². The lowest BCUT2D eigenvalue weighted by Crippen LogP contribution is -2.45. The minimum atomic E-state index is -3.21. The topological polar surface area (TPSA) is 79.0 Å². The van der Waals surface area contributed by atoms with Gasteiger partial charge in [-0.25, -0.2) is 12.8 Å². The van der Waals surface area contributed by atoms with Gasteiger partial charge in [0.2, 0.25) is 15.9 Å². The second-order valence-corrected chi connectivity index (χ2v) is 10.8. The first-order valence-electron chi connectivity index (χ1n) is 11.5. The van der Waals surface area contributed by atoms with Gasteiger partial charge < -0.3 is 15.0 Å². The highest BCUT2D eigenvalue weighted by molar-refractivity contribution is 7.93. The van der Waals surface area contributed by atoms with Crippen LogP contribution in [0.4, 0.5) is 15.8 Å². The minimum absolute atomic E-state index is 0.0401. The number of hydrogen-bond donors (Lipinski definition) is 1. The van der Waals surface area contributed by atoms with E-state index in [0.717, 1.165) is 5.56 Å². The number of amides is 1. The second kappa shape index (κ2) is 10.1. The number of carbonyl (C=O) groups excluding carboxylic acids is 1. The predicted octanol–water partition coefficient (Wildman–Crippen LogP) is 3.31. The summed E-state index contributed by atoms with van der Waals surface area (Å²) < 4.78 is 45.9. The Kier molecular flexibility index (Phi) is 7.23. The van der Waals surface area contributed by atoms with E-state index in [1.807, 2.05) is 24.8 Å². The van der Waals surface area contributed by atoms with E-state index in [-0.39, 0.29) is 36.2 Å².